The summed E-state index contributed by atoms with van der Waals surface area (Å²) in [7, 11) is 0. The maximum atomic E-state index is 12.8. The third-order valence-corrected chi connectivity index (χ3v) is 3.21. The highest BCUT2D eigenvalue weighted by Crippen LogP contribution is 2.33. The molecule has 0 radical (unpaired) electrons. The molecule has 2 N–H and O–H groups in total. The van der Waals surface area contributed by atoms with E-state index in [2.05, 4.69) is 5.32 Å². The highest BCUT2D eigenvalue weighted by Gasteiger charge is 2.37. The van der Waals surface area contributed by atoms with E-state index in [0.29, 0.717) is 12.6 Å². The van der Waals surface area contributed by atoms with Crippen molar-refractivity contribution in [2.45, 2.75) is 45.5 Å². The number of amides is 1. The normalized spacial score (nSPS) is 14.6. The fourth-order valence-electron chi connectivity index (χ4n) is 1.70. The second-order valence-corrected chi connectivity index (χ2v) is 4.83. The molecule has 0 spiro atoms. The number of carboxylic acid groups (broad SMARTS) is 1. The number of halogens is 3. The van der Waals surface area contributed by atoms with Crippen LogP contribution in [0.1, 0.15) is 49.2 Å². The zero-order valence-corrected chi connectivity index (χ0v) is 11.9. The van der Waals surface area contributed by atoms with Crippen LogP contribution in [0, 0.1) is 0 Å². The third kappa shape index (κ3) is 3.99. The minimum Gasteiger partial charge on any atom is -0.478 e. The zero-order chi connectivity index (χ0) is 16.4. The van der Waals surface area contributed by atoms with E-state index in [9.17, 15) is 22.8 Å². The Balaban J connectivity index is 3.09. The summed E-state index contributed by atoms with van der Waals surface area (Å²) in [5.74, 6) is -2.15. The summed E-state index contributed by atoms with van der Waals surface area (Å²) in [5.41, 5.74) is -2.14. The van der Waals surface area contributed by atoms with Gasteiger partial charge in [0.15, 0.2) is 0 Å². The fourth-order valence-corrected chi connectivity index (χ4v) is 1.70. The number of rotatable bonds is 5. The first kappa shape index (κ1) is 17.1. The standard InChI is InChI=1S/C13H17F3N2O3/c1-4-7(2)17-11(19)8(3)18-5-9(12(20)21)10(6-18)13(14,15)16/h5-8H,4H2,1-3H3,(H,17,19)(H,20,21). The van der Waals surface area contributed by atoms with Crippen molar-refractivity contribution in [3.05, 3.63) is 23.5 Å². The lowest BCUT2D eigenvalue weighted by atomic mass is 10.2. The molecule has 1 rings (SSSR count). The van der Waals surface area contributed by atoms with Crippen molar-refractivity contribution in [1.29, 1.82) is 0 Å². The van der Waals surface area contributed by atoms with Gasteiger partial charge in [-0.1, -0.05) is 6.92 Å². The van der Waals surface area contributed by atoms with E-state index in [1.807, 2.05) is 6.92 Å². The van der Waals surface area contributed by atoms with E-state index in [0.717, 1.165) is 10.8 Å². The van der Waals surface area contributed by atoms with Crippen LogP contribution in [0.25, 0.3) is 0 Å². The van der Waals surface area contributed by atoms with Crippen molar-refractivity contribution in [3.8, 4) is 0 Å². The Morgan fingerprint density at radius 1 is 1.33 bits per heavy atom. The van der Waals surface area contributed by atoms with Crippen molar-refractivity contribution in [2.75, 3.05) is 0 Å². The molecular weight excluding hydrogens is 289 g/mol. The molecule has 0 aliphatic carbocycles. The van der Waals surface area contributed by atoms with Gasteiger partial charge in [-0.3, -0.25) is 4.79 Å². The summed E-state index contributed by atoms with van der Waals surface area (Å²) in [4.78, 5) is 22.8. The molecule has 5 nitrogen and oxygen atoms in total. The molecule has 0 fully saturated rings. The largest absolute Gasteiger partial charge is 0.478 e. The van der Waals surface area contributed by atoms with Crippen molar-refractivity contribution in [3.63, 3.8) is 0 Å². The monoisotopic (exact) mass is 306 g/mol. The predicted octanol–water partition coefficient (Wildman–Crippen LogP) is 2.68. The van der Waals surface area contributed by atoms with Crippen LogP contribution in [0.3, 0.4) is 0 Å². The Morgan fingerprint density at radius 2 is 1.90 bits per heavy atom. The first-order valence-electron chi connectivity index (χ1n) is 6.40. The second-order valence-electron chi connectivity index (χ2n) is 4.83. The highest BCUT2D eigenvalue weighted by molar-refractivity contribution is 5.90. The average Bonchev–Trinajstić information content (AvgIpc) is 2.82. The number of alkyl halides is 3. The van der Waals surface area contributed by atoms with Crippen LogP contribution in [0.4, 0.5) is 13.2 Å². The van der Waals surface area contributed by atoms with E-state index in [-0.39, 0.29) is 6.04 Å². The zero-order valence-electron chi connectivity index (χ0n) is 11.9. The molecule has 1 aromatic heterocycles. The van der Waals surface area contributed by atoms with Crippen LogP contribution in [0.15, 0.2) is 12.4 Å². The van der Waals surface area contributed by atoms with Gasteiger partial charge < -0.3 is 15.0 Å². The minimum absolute atomic E-state index is 0.114. The van der Waals surface area contributed by atoms with Gasteiger partial charge >= 0.3 is 12.1 Å². The Hall–Kier alpha value is -1.99. The first-order chi connectivity index (χ1) is 9.57. The highest BCUT2D eigenvalue weighted by atomic mass is 19.4. The molecule has 1 aromatic rings. The lowest BCUT2D eigenvalue weighted by molar-refractivity contribution is -0.138. The number of hydrogen-bond donors (Lipinski definition) is 2. The molecule has 1 amide bonds. The molecule has 0 saturated heterocycles. The number of nitrogens with one attached hydrogen (secondary N) is 1. The van der Waals surface area contributed by atoms with Crippen molar-refractivity contribution >= 4 is 11.9 Å². The van der Waals surface area contributed by atoms with Crippen LogP contribution >= 0.6 is 0 Å². The topological polar surface area (TPSA) is 71.3 Å². The summed E-state index contributed by atoms with van der Waals surface area (Å²) >= 11 is 0. The average molecular weight is 306 g/mol. The van der Waals surface area contributed by atoms with Crippen LogP contribution < -0.4 is 5.32 Å². The van der Waals surface area contributed by atoms with Gasteiger partial charge in [0.2, 0.25) is 5.91 Å². The van der Waals surface area contributed by atoms with E-state index in [4.69, 9.17) is 5.11 Å². The number of carbonyl (C=O) groups excluding carboxylic acids is 1. The number of nitrogens with zero attached hydrogens (tertiary/aromatic N) is 1. The summed E-state index contributed by atoms with van der Waals surface area (Å²) in [6, 6.07) is -1.05. The third-order valence-electron chi connectivity index (χ3n) is 3.21. The molecule has 0 aliphatic rings. The molecule has 118 valence electrons. The molecule has 0 saturated carbocycles. The van der Waals surface area contributed by atoms with Crippen LogP contribution in [-0.4, -0.2) is 27.6 Å². The van der Waals surface area contributed by atoms with E-state index >= 15 is 0 Å². The Morgan fingerprint density at radius 3 is 2.29 bits per heavy atom. The van der Waals surface area contributed by atoms with Gasteiger partial charge in [-0.15, -0.1) is 0 Å². The molecule has 0 aromatic carbocycles. The quantitative estimate of drug-likeness (QED) is 0.878. The summed E-state index contributed by atoms with van der Waals surface area (Å²) in [6.07, 6.45) is -2.64. The van der Waals surface area contributed by atoms with Crippen molar-refractivity contribution in [2.24, 2.45) is 0 Å². The maximum Gasteiger partial charge on any atom is 0.418 e. The fraction of sp³-hybridized carbons (Fsp3) is 0.538. The van der Waals surface area contributed by atoms with Gasteiger partial charge in [-0.05, 0) is 20.3 Å². The predicted molar refractivity (Wildman–Crippen MR) is 69.0 cm³/mol. The lowest BCUT2D eigenvalue weighted by Crippen LogP contribution is -2.36. The van der Waals surface area contributed by atoms with E-state index in [1.165, 1.54) is 6.92 Å². The molecule has 2 unspecified atom stereocenters. The summed E-state index contributed by atoms with van der Waals surface area (Å²) in [6.45, 7) is 5.03. The molecule has 8 heteroatoms. The van der Waals surface area contributed by atoms with Gasteiger partial charge in [0, 0.05) is 18.4 Å². The van der Waals surface area contributed by atoms with Gasteiger partial charge in [0.25, 0.3) is 0 Å². The number of carbonyl (C=O) groups is 2. The van der Waals surface area contributed by atoms with Crippen LogP contribution in [0.2, 0.25) is 0 Å². The SMILES string of the molecule is CCC(C)NC(=O)C(C)n1cc(C(=O)O)c(C(F)(F)F)c1. The van der Waals surface area contributed by atoms with Gasteiger partial charge in [-0.25, -0.2) is 4.79 Å². The second kappa shape index (κ2) is 6.19. The number of aromatic carboxylic acids is 1. The Bertz CT molecular complexity index is 537. The number of carboxylic acids is 1. The Kier molecular flexibility index (Phi) is 5.03. The molecule has 0 aliphatic heterocycles. The number of hydrogen-bond acceptors (Lipinski definition) is 2. The van der Waals surface area contributed by atoms with Gasteiger partial charge in [0.1, 0.15) is 6.04 Å². The van der Waals surface area contributed by atoms with E-state index in [1.54, 1.807) is 6.92 Å². The van der Waals surface area contributed by atoms with E-state index < -0.39 is 35.2 Å². The maximum absolute atomic E-state index is 12.8. The summed E-state index contributed by atoms with van der Waals surface area (Å²) in [5, 5.41) is 11.5. The van der Waals surface area contributed by atoms with Crippen LogP contribution in [-0.2, 0) is 11.0 Å². The minimum atomic E-state index is -4.79. The smallest absolute Gasteiger partial charge is 0.418 e. The van der Waals surface area contributed by atoms with Crippen molar-refractivity contribution in [1.82, 2.24) is 9.88 Å². The first-order valence-corrected chi connectivity index (χ1v) is 6.40. The van der Waals surface area contributed by atoms with Gasteiger partial charge in [0.05, 0.1) is 11.1 Å². The Labute approximate surface area is 119 Å². The molecule has 21 heavy (non-hydrogen) atoms. The van der Waals surface area contributed by atoms with Crippen LogP contribution in [0.5, 0.6) is 0 Å². The molecule has 0 bridgehead atoms. The number of aromatic nitrogens is 1. The van der Waals surface area contributed by atoms with Crippen molar-refractivity contribution < 1.29 is 27.9 Å². The molecule has 1 heterocycles. The lowest BCUT2D eigenvalue weighted by Gasteiger charge is -2.17. The van der Waals surface area contributed by atoms with Gasteiger partial charge in [-0.2, -0.15) is 13.2 Å². The molecular formula is C13H17F3N2O3. The molecule has 2 atom stereocenters. The summed E-state index contributed by atoms with van der Waals surface area (Å²) < 4.78 is 39.3.